The van der Waals surface area contributed by atoms with Crippen molar-refractivity contribution in [3.63, 3.8) is 0 Å². The van der Waals surface area contributed by atoms with E-state index in [4.69, 9.17) is 5.11 Å². The molecule has 100 valence electrons. The normalized spacial score (nSPS) is 14.6. The first kappa shape index (κ1) is 13.3. The molecule has 4 heteroatoms. The Morgan fingerprint density at radius 2 is 2.26 bits per heavy atom. The van der Waals surface area contributed by atoms with Crippen molar-refractivity contribution in [2.45, 2.75) is 18.9 Å². The molecule has 0 bridgehead atoms. The van der Waals surface area contributed by atoms with Crippen LogP contribution in [0.3, 0.4) is 0 Å². The van der Waals surface area contributed by atoms with Crippen LogP contribution in [-0.4, -0.2) is 23.7 Å². The highest BCUT2D eigenvalue weighted by Crippen LogP contribution is 2.34. The fourth-order valence-electron chi connectivity index (χ4n) is 2.05. The Hall–Kier alpha value is -2.10. The zero-order valence-electron chi connectivity index (χ0n) is 10.6. The topological polar surface area (TPSA) is 40.5 Å². The highest BCUT2D eigenvalue weighted by molar-refractivity contribution is 5.87. The van der Waals surface area contributed by atoms with Crippen LogP contribution in [0.2, 0.25) is 0 Å². The monoisotopic (exact) mass is 261 g/mol. The summed E-state index contributed by atoms with van der Waals surface area (Å²) in [6.07, 6.45) is 6.46. The zero-order valence-corrected chi connectivity index (χ0v) is 10.6. The lowest BCUT2D eigenvalue weighted by molar-refractivity contribution is -0.131. The van der Waals surface area contributed by atoms with Crippen LogP contribution in [0.25, 0.3) is 6.08 Å². The fraction of sp³-hybridized carbons (Fsp3) is 0.267. The number of hydrogen-bond acceptors (Lipinski definition) is 2. The summed E-state index contributed by atoms with van der Waals surface area (Å²) in [6.45, 7) is 4.40. The summed E-state index contributed by atoms with van der Waals surface area (Å²) < 4.78 is 13.3. The van der Waals surface area contributed by atoms with Gasteiger partial charge in [0.2, 0.25) is 0 Å². The van der Waals surface area contributed by atoms with E-state index in [9.17, 15) is 9.18 Å². The van der Waals surface area contributed by atoms with Crippen LogP contribution in [0, 0.1) is 5.82 Å². The maximum Gasteiger partial charge on any atom is 0.328 e. The van der Waals surface area contributed by atoms with Crippen molar-refractivity contribution in [1.82, 2.24) is 0 Å². The minimum Gasteiger partial charge on any atom is -0.478 e. The largest absolute Gasteiger partial charge is 0.478 e. The Morgan fingerprint density at radius 1 is 1.53 bits per heavy atom. The highest BCUT2D eigenvalue weighted by Gasteiger charge is 2.29. The first-order valence-electron chi connectivity index (χ1n) is 6.20. The molecule has 1 fully saturated rings. The summed E-state index contributed by atoms with van der Waals surface area (Å²) in [6, 6.07) is 4.89. The lowest BCUT2D eigenvalue weighted by atomic mass is 10.1. The number of carbonyl (C=O) groups is 1. The Kier molecular flexibility index (Phi) is 4.00. The number of anilines is 1. The Morgan fingerprint density at radius 3 is 2.84 bits per heavy atom. The van der Waals surface area contributed by atoms with Crippen LogP contribution >= 0.6 is 0 Å². The number of halogens is 1. The predicted molar refractivity (Wildman–Crippen MR) is 73.6 cm³/mol. The molecule has 19 heavy (non-hydrogen) atoms. The quantitative estimate of drug-likeness (QED) is 0.632. The molecule has 0 spiro atoms. The maximum atomic E-state index is 13.3. The van der Waals surface area contributed by atoms with Gasteiger partial charge in [0.1, 0.15) is 5.82 Å². The van der Waals surface area contributed by atoms with E-state index in [1.165, 1.54) is 18.2 Å². The summed E-state index contributed by atoms with van der Waals surface area (Å²) >= 11 is 0. The van der Waals surface area contributed by atoms with Crippen LogP contribution in [0.5, 0.6) is 0 Å². The Bertz CT molecular complexity index is 521. The lowest BCUT2D eigenvalue weighted by Crippen LogP contribution is -2.26. The standard InChI is InChI=1S/C15H16FNO2/c1-2-9-17(13-5-6-13)14-7-4-12(16)10-11(14)3-8-15(18)19/h2-4,7-8,10,13H,1,5-6,9H2,(H,18,19)/b8-3+. The Labute approximate surface area is 111 Å². The number of rotatable bonds is 6. The second-order valence-corrected chi connectivity index (χ2v) is 4.55. The molecule has 1 N–H and O–H groups in total. The van der Waals surface area contributed by atoms with Crippen LogP contribution in [0.4, 0.5) is 10.1 Å². The minimum absolute atomic E-state index is 0.372. The van der Waals surface area contributed by atoms with Crippen molar-refractivity contribution < 1.29 is 14.3 Å². The zero-order chi connectivity index (χ0) is 13.8. The smallest absolute Gasteiger partial charge is 0.328 e. The average Bonchev–Trinajstić information content (AvgIpc) is 3.18. The van der Waals surface area contributed by atoms with Gasteiger partial charge in [0.15, 0.2) is 0 Å². The number of carboxylic acid groups (broad SMARTS) is 1. The second-order valence-electron chi connectivity index (χ2n) is 4.55. The average molecular weight is 261 g/mol. The van der Waals surface area contributed by atoms with Crippen LogP contribution in [-0.2, 0) is 4.79 Å². The summed E-state index contributed by atoms with van der Waals surface area (Å²) in [4.78, 5) is 12.7. The SMILES string of the molecule is C=CCN(c1ccc(F)cc1/C=C/C(=O)O)C1CC1. The maximum absolute atomic E-state index is 13.3. The molecule has 0 radical (unpaired) electrons. The van der Waals surface area contributed by atoms with E-state index >= 15 is 0 Å². The number of carboxylic acids is 1. The molecule has 0 atom stereocenters. The predicted octanol–water partition coefficient (Wildman–Crippen LogP) is 3.08. The van der Waals surface area contributed by atoms with Gasteiger partial charge in [-0.25, -0.2) is 9.18 Å². The van der Waals surface area contributed by atoms with Crippen molar-refractivity contribution in [1.29, 1.82) is 0 Å². The van der Waals surface area contributed by atoms with Gasteiger partial charge in [0, 0.05) is 29.9 Å². The molecule has 1 saturated carbocycles. The van der Waals surface area contributed by atoms with Crippen molar-refractivity contribution in [2.75, 3.05) is 11.4 Å². The van der Waals surface area contributed by atoms with Gasteiger partial charge in [-0.05, 0) is 37.1 Å². The third-order valence-corrected chi connectivity index (χ3v) is 3.02. The second kappa shape index (κ2) is 5.69. The summed E-state index contributed by atoms with van der Waals surface area (Å²) in [5.74, 6) is -1.42. The summed E-state index contributed by atoms with van der Waals surface area (Å²) in [5, 5.41) is 8.69. The van der Waals surface area contributed by atoms with E-state index < -0.39 is 5.97 Å². The number of nitrogens with zero attached hydrogens (tertiary/aromatic N) is 1. The van der Waals surface area contributed by atoms with Crippen molar-refractivity contribution >= 4 is 17.7 Å². The molecule has 0 unspecified atom stereocenters. The molecular formula is C15H16FNO2. The first-order chi connectivity index (χ1) is 9.11. The van der Waals surface area contributed by atoms with Crippen LogP contribution < -0.4 is 4.90 Å². The fourth-order valence-corrected chi connectivity index (χ4v) is 2.05. The molecule has 3 nitrogen and oxygen atoms in total. The molecule has 0 aliphatic heterocycles. The minimum atomic E-state index is -1.04. The first-order valence-corrected chi connectivity index (χ1v) is 6.20. The molecule has 0 aromatic heterocycles. The highest BCUT2D eigenvalue weighted by atomic mass is 19.1. The summed E-state index contributed by atoms with van der Waals surface area (Å²) in [5.41, 5.74) is 1.43. The van der Waals surface area contributed by atoms with E-state index in [0.29, 0.717) is 18.2 Å². The molecule has 0 saturated heterocycles. The van der Waals surface area contributed by atoms with Gasteiger partial charge in [0.25, 0.3) is 0 Å². The lowest BCUT2D eigenvalue weighted by Gasteiger charge is -2.25. The van der Waals surface area contributed by atoms with Gasteiger partial charge in [-0.1, -0.05) is 6.08 Å². The van der Waals surface area contributed by atoms with Gasteiger partial charge in [-0.2, -0.15) is 0 Å². The van der Waals surface area contributed by atoms with Gasteiger partial charge < -0.3 is 10.0 Å². The van der Waals surface area contributed by atoms with Gasteiger partial charge in [-0.3, -0.25) is 0 Å². The van der Waals surface area contributed by atoms with E-state index in [0.717, 1.165) is 24.6 Å². The van der Waals surface area contributed by atoms with Crippen LogP contribution in [0.1, 0.15) is 18.4 Å². The molecule has 1 aromatic carbocycles. The number of hydrogen-bond donors (Lipinski definition) is 1. The molecule has 1 aliphatic rings. The van der Waals surface area contributed by atoms with Gasteiger partial charge >= 0.3 is 5.97 Å². The summed E-state index contributed by atoms with van der Waals surface area (Å²) in [7, 11) is 0. The van der Waals surface area contributed by atoms with Crippen molar-refractivity contribution in [2.24, 2.45) is 0 Å². The molecule has 0 amide bonds. The molecule has 0 heterocycles. The molecule has 1 aliphatic carbocycles. The van der Waals surface area contributed by atoms with E-state index in [1.54, 1.807) is 12.1 Å². The molecule has 2 rings (SSSR count). The molecular weight excluding hydrogens is 245 g/mol. The number of benzene rings is 1. The van der Waals surface area contributed by atoms with E-state index in [2.05, 4.69) is 11.5 Å². The van der Waals surface area contributed by atoms with E-state index in [1.807, 2.05) is 0 Å². The third-order valence-electron chi connectivity index (χ3n) is 3.02. The van der Waals surface area contributed by atoms with Crippen molar-refractivity contribution in [3.8, 4) is 0 Å². The Balaban J connectivity index is 2.36. The van der Waals surface area contributed by atoms with Crippen LogP contribution in [0.15, 0.2) is 36.9 Å². The molecule has 1 aromatic rings. The third kappa shape index (κ3) is 3.44. The number of aliphatic carboxylic acids is 1. The van der Waals surface area contributed by atoms with Gasteiger partial charge in [-0.15, -0.1) is 6.58 Å². The van der Waals surface area contributed by atoms with Crippen molar-refractivity contribution in [3.05, 3.63) is 48.3 Å². The van der Waals surface area contributed by atoms with Gasteiger partial charge in [0.05, 0.1) is 0 Å². The van der Waals surface area contributed by atoms with E-state index in [-0.39, 0.29) is 5.82 Å².